The highest BCUT2D eigenvalue weighted by Gasteiger charge is 2.37. The first-order chi connectivity index (χ1) is 17.5. The normalized spacial score (nSPS) is 17.5. The number of fused-ring (bicyclic) bond motifs is 1. The number of nitrogens with zero attached hydrogens (tertiary/aromatic N) is 9. The standard InChI is InChI=1S/C26H34N10/c1-18(2)21-17-28-36-22(21)29-25(35-14-12-26(13-15-35)10-6-7-11-26)30-24(36)27-16-19-8-4-5-9-20(19)23-31-32-33-34(23)3/h4-5,8-9,17-18H,6-7,10-16H2,1-3H3,(H,27,29,30). The molecule has 1 aliphatic heterocycles. The summed E-state index contributed by atoms with van der Waals surface area (Å²) in [5.74, 6) is 2.56. The first kappa shape index (κ1) is 22.9. The van der Waals surface area contributed by atoms with Gasteiger partial charge in [-0.25, -0.2) is 4.68 Å². The summed E-state index contributed by atoms with van der Waals surface area (Å²) in [5, 5.41) is 20.2. The van der Waals surface area contributed by atoms with Crippen molar-refractivity contribution in [2.75, 3.05) is 23.3 Å². The largest absolute Gasteiger partial charge is 0.350 e. The van der Waals surface area contributed by atoms with Gasteiger partial charge in [0, 0.05) is 37.8 Å². The molecular formula is C26H34N10. The average Bonchev–Trinajstić information content (AvgIpc) is 3.63. The molecule has 1 saturated carbocycles. The Hall–Kier alpha value is -3.56. The molecule has 6 rings (SSSR count). The van der Waals surface area contributed by atoms with Gasteiger partial charge in [0.15, 0.2) is 11.5 Å². The summed E-state index contributed by atoms with van der Waals surface area (Å²) >= 11 is 0. The Morgan fingerprint density at radius 2 is 1.81 bits per heavy atom. The monoisotopic (exact) mass is 486 g/mol. The minimum absolute atomic E-state index is 0.324. The van der Waals surface area contributed by atoms with E-state index < -0.39 is 0 Å². The SMILES string of the molecule is CC(C)c1cnn2c(NCc3ccccc3-c3nnnn3C)nc(N3CCC4(CCCC4)CC3)nc12. The zero-order chi connectivity index (χ0) is 24.7. The van der Waals surface area contributed by atoms with Crippen LogP contribution in [-0.2, 0) is 13.6 Å². The highest BCUT2D eigenvalue weighted by molar-refractivity contribution is 5.61. The van der Waals surface area contributed by atoms with Crippen LogP contribution >= 0.6 is 0 Å². The zero-order valence-corrected chi connectivity index (χ0v) is 21.4. The van der Waals surface area contributed by atoms with Gasteiger partial charge in [-0.05, 0) is 53.0 Å². The lowest BCUT2D eigenvalue weighted by Gasteiger charge is -2.39. The van der Waals surface area contributed by atoms with Crippen molar-refractivity contribution in [3.63, 3.8) is 0 Å². The van der Waals surface area contributed by atoms with Crippen LogP contribution in [0.1, 0.15) is 69.4 Å². The predicted octanol–water partition coefficient (Wildman–Crippen LogP) is 4.21. The van der Waals surface area contributed by atoms with E-state index in [0.717, 1.165) is 47.2 Å². The van der Waals surface area contributed by atoms with Gasteiger partial charge in [0.1, 0.15) is 0 Å². The summed E-state index contributed by atoms with van der Waals surface area (Å²) in [6.45, 7) is 6.96. The first-order valence-corrected chi connectivity index (χ1v) is 13.1. The van der Waals surface area contributed by atoms with Crippen LogP contribution in [0.4, 0.5) is 11.9 Å². The molecule has 1 spiro atoms. The number of piperidine rings is 1. The number of hydrogen-bond donors (Lipinski definition) is 1. The molecule has 1 aliphatic carbocycles. The summed E-state index contributed by atoms with van der Waals surface area (Å²) in [4.78, 5) is 12.4. The molecule has 0 unspecified atom stereocenters. The Balaban J connectivity index is 1.32. The Bertz CT molecular complexity index is 1350. The van der Waals surface area contributed by atoms with Gasteiger partial charge < -0.3 is 10.2 Å². The highest BCUT2D eigenvalue weighted by Crippen LogP contribution is 2.46. The number of rotatable bonds is 6. The van der Waals surface area contributed by atoms with Crippen molar-refractivity contribution in [3.05, 3.63) is 41.6 Å². The zero-order valence-electron chi connectivity index (χ0n) is 21.4. The van der Waals surface area contributed by atoms with E-state index in [1.807, 2.05) is 36.0 Å². The van der Waals surface area contributed by atoms with E-state index in [-0.39, 0.29) is 0 Å². The number of anilines is 2. The molecule has 4 aromatic rings. The highest BCUT2D eigenvalue weighted by atomic mass is 15.5. The van der Waals surface area contributed by atoms with Gasteiger partial charge in [-0.2, -0.15) is 19.6 Å². The maximum atomic E-state index is 5.03. The second-order valence-electron chi connectivity index (χ2n) is 10.7. The lowest BCUT2D eigenvalue weighted by Crippen LogP contribution is -2.40. The van der Waals surface area contributed by atoms with Gasteiger partial charge in [0.05, 0.1) is 6.20 Å². The molecule has 0 bridgehead atoms. The van der Waals surface area contributed by atoms with Gasteiger partial charge in [0.25, 0.3) is 0 Å². The summed E-state index contributed by atoms with van der Waals surface area (Å²) in [6.07, 6.45) is 9.93. The van der Waals surface area contributed by atoms with Crippen molar-refractivity contribution in [3.8, 4) is 11.4 Å². The van der Waals surface area contributed by atoms with E-state index in [1.165, 1.54) is 38.5 Å². The summed E-state index contributed by atoms with van der Waals surface area (Å²) < 4.78 is 3.53. The quantitative estimate of drug-likeness (QED) is 0.432. The van der Waals surface area contributed by atoms with E-state index >= 15 is 0 Å². The molecule has 2 aliphatic rings. The maximum Gasteiger partial charge on any atom is 0.230 e. The van der Waals surface area contributed by atoms with E-state index in [2.05, 4.69) is 50.8 Å². The van der Waals surface area contributed by atoms with Crippen LogP contribution in [0, 0.1) is 5.41 Å². The van der Waals surface area contributed by atoms with Gasteiger partial charge in [-0.3, -0.25) is 0 Å². The van der Waals surface area contributed by atoms with E-state index in [9.17, 15) is 0 Å². The Morgan fingerprint density at radius 1 is 1.03 bits per heavy atom. The second kappa shape index (κ2) is 9.15. The lowest BCUT2D eigenvalue weighted by molar-refractivity contribution is 0.225. The molecule has 2 fully saturated rings. The molecule has 1 N–H and O–H groups in total. The predicted molar refractivity (Wildman–Crippen MR) is 139 cm³/mol. The Labute approximate surface area is 211 Å². The smallest absolute Gasteiger partial charge is 0.230 e. The van der Waals surface area contributed by atoms with Gasteiger partial charge in [0.2, 0.25) is 11.9 Å². The van der Waals surface area contributed by atoms with Crippen molar-refractivity contribution < 1.29 is 0 Å². The third kappa shape index (κ3) is 4.08. The number of hydrogen-bond acceptors (Lipinski definition) is 8. The van der Waals surface area contributed by atoms with Crippen molar-refractivity contribution in [2.45, 2.75) is 64.8 Å². The molecule has 10 nitrogen and oxygen atoms in total. The molecule has 36 heavy (non-hydrogen) atoms. The van der Waals surface area contributed by atoms with Crippen LogP contribution in [-0.4, -0.2) is 52.9 Å². The molecule has 10 heteroatoms. The molecular weight excluding hydrogens is 452 g/mol. The van der Waals surface area contributed by atoms with Gasteiger partial charge >= 0.3 is 0 Å². The fourth-order valence-electron chi connectivity index (χ4n) is 5.88. The van der Waals surface area contributed by atoms with Crippen LogP contribution in [0.5, 0.6) is 0 Å². The summed E-state index contributed by atoms with van der Waals surface area (Å²) in [6, 6.07) is 8.17. The third-order valence-corrected chi connectivity index (χ3v) is 8.09. The van der Waals surface area contributed by atoms with Crippen LogP contribution < -0.4 is 10.2 Å². The molecule has 0 amide bonds. The minimum atomic E-state index is 0.324. The van der Waals surface area contributed by atoms with E-state index in [1.54, 1.807) is 4.68 Å². The molecule has 3 aromatic heterocycles. The topological polar surface area (TPSA) is 102 Å². The fraction of sp³-hybridized carbons (Fsp3) is 0.538. The fourth-order valence-corrected chi connectivity index (χ4v) is 5.88. The van der Waals surface area contributed by atoms with Gasteiger partial charge in [-0.1, -0.05) is 51.0 Å². The third-order valence-electron chi connectivity index (χ3n) is 8.09. The first-order valence-electron chi connectivity index (χ1n) is 13.1. The summed E-state index contributed by atoms with van der Waals surface area (Å²) in [7, 11) is 1.85. The van der Waals surface area contributed by atoms with Gasteiger partial charge in [-0.15, -0.1) is 5.10 Å². The van der Waals surface area contributed by atoms with Crippen molar-refractivity contribution in [2.24, 2.45) is 12.5 Å². The number of nitrogens with one attached hydrogen (secondary N) is 1. The Morgan fingerprint density at radius 3 is 2.53 bits per heavy atom. The number of aryl methyl sites for hydroxylation is 1. The molecule has 0 radical (unpaired) electrons. The maximum absolute atomic E-state index is 5.03. The minimum Gasteiger partial charge on any atom is -0.350 e. The van der Waals surface area contributed by atoms with E-state index in [0.29, 0.717) is 23.8 Å². The molecule has 1 aromatic carbocycles. The van der Waals surface area contributed by atoms with Crippen molar-refractivity contribution in [1.29, 1.82) is 0 Å². The van der Waals surface area contributed by atoms with Crippen LogP contribution in [0.15, 0.2) is 30.5 Å². The van der Waals surface area contributed by atoms with Crippen LogP contribution in [0.25, 0.3) is 17.0 Å². The van der Waals surface area contributed by atoms with Crippen molar-refractivity contribution in [1.82, 2.24) is 39.8 Å². The molecule has 4 heterocycles. The molecule has 1 saturated heterocycles. The number of tetrazole rings is 1. The lowest BCUT2D eigenvalue weighted by atomic mass is 9.77. The van der Waals surface area contributed by atoms with E-state index in [4.69, 9.17) is 9.97 Å². The molecule has 0 atom stereocenters. The van der Waals surface area contributed by atoms with Crippen LogP contribution in [0.3, 0.4) is 0 Å². The Kier molecular flexibility index (Phi) is 5.81. The van der Waals surface area contributed by atoms with Crippen molar-refractivity contribution >= 4 is 17.5 Å². The number of aromatic nitrogens is 8. The molecule has 188 valence electrons. The van der Waals surface area contributed by atoms with Crippen LogP contribution in [0.2, 0.25) is 0 Å². The summed E-state index contributed by atoms with van der Waals surface area (Å²) in [5.41, 5.74) is 4.64. The average molecular weight is 487 g/mol. The second-order valence-corrected chi connectivity index (χ2v) is 10.7. The number of benzene rings is 1.